The van der Waals surface area contributed by atoms with Gasteiger partial charge in [0.1, 0.15) is 17.6 Å². The molecule has 0 saturated heterocycles. The van der Waals surface area contributed by atoms with Gasteiger partial charge in [-0.2, -0.15) is 5.26 Å². The number of halogens is 1. The summed E-state index contributed by atoms with van der Waals surface area (Å²) < 4.78 is 13.0. The molecule has 3 aromatic rings. The van der Waals surface area contributed by atoms with Crippen molar-refractivity contribution in [3.8, 4) is 28.6 Å². The van der Waals surface area contributed by atoms with Gasteiger partial charge >= 0.3 is 0 Å². The van der Waals surface area contributed by atoms with E-state index in [4.69, 9.17) is 5.26 Å². The lowest BCUT2D eigenvalue weighted by Gasteiger charge is -2.06. The van der Waals surface area contributed by atoms with Gasteiger partial charge in [0.05, 0.1) is 11.9 Å². The average molecular weight is 279 g/mol. The number of aromatic amines is 1. The number of hydrogen-bond donors (Lipinski definition) is 1. The van der Waals surface area contributed by atoms with Crippen molar-refractivity contribution < 1.29 is 4.39 Å². The maximum atomic E-state index is 13.0. The molecular weight excluding hydrogens is 269 g/mol. The number of nitriles is 1. The molecule has 0 aliphatic rings. The smallest absolute Gasteiger partial charge is 0.163 e. The molecule has 0 bridgehead atoms. The Labute approximate surface area is 120 Å². The topological polar surface area (TPSA) is 78.2 Å². The van der Waals surface area contributed by atoms with Gasteiger partial charge in [0.2, 0.25) is 0 Å². The highest BCUT2D eigenvalue weighted by atomic mass is 19.1. The first-order chi connectivity index (χ1) is 10.2. The summed E-state index contributed by atoms with van der Waals surface area (Å²) >= 11 is 0. The van der Waals surface area contributed by atoms with Crippen molar-refractivity contribution in [3.05, 3.63) is 53.6 Å². The van der Waals surface area contributed by atoms with E-state index in [-0.39, 0.29) is 5.82 Å². The molecule has 5 nitrogen and oxygen atoms in total. The quantitative estimate of drug-likeness (QED) is 0.782. The second-order valence-electron chi connectivity index (χ2n) is 4.60. The van der Waals surface area contributed by atoms with Crippen molar-refractivity contribution in [2.45, 2.75) is 6.92 Å². The van der Waals surface area contributed by atoms with Gasteiger partial charge < -0.3 is 0 Å². The lowest BCUT2D eigenvalue weighted by molar-refractivity contribution is 0.622. The van der Waals surface area contributed by atoms with Crippen LogP contribution in [0.1, 0.15) is 11.3 Å². The van der Waals surface area contributed by atoms with E-state index in [2.05, 4.69) is 20.4 Å². The predicted molar refractivity (Wildman–Crippen MR) is 74.5 cm³/mol. The lowest BCUT2D eigenvalue weighted by Crippen LogP contribution is -1.89. The number of pyridine rings is 1. The van der Waals surface area contributed by atoms with Crippen molar-refractivity contribution in [2.24, 2.45) is 0 Å². The second kappa shape index (κ2) is 5.13. The minimum Gasteiger partial charge on any atom is -0.253 e. The summed E-state index contributed by atoms with van der Waals surface area (Å²) in [6.07, 6.45) is 1.17. The van der Waals surface area contributed by atoms with Gasteiger partial charge in [0.15, 0.2) is 5.69 Å². The average Bonchev–Trinajstić information content (AvgIpc) is 2.96. The second-order valence-corrected chi connectivity index (χ2v) is 4.60. The number of aromatic nitrogens is 4. The third-order valence-corrected chi connectivity index (χ3v) is 3.03. The van der Waals surface area contributed by atoms with Gasteiger partial charge in [-0.05, 0) is 42.8 Å². The molecule has 2 aromatic heterocycles. The van der Waals surface area contributed by atoms with Crippen LogP contribution in [0.3, 0.4) is 0 Å². The van der Waals surface area contributed by atoms with E-state index in [1.54, 1.807) is 6.07 Å². The number of nitrogens with zero attached hydrogens (tertiary/aromatic N) is 4. The molecule has 1 N–H and O–H groups in total. The van der Waals surface area contributed by atoms with Crippen molar-refractivity contribution in [1.82, 2.24) is 20.4 Å². The van der Waals surface area contributed by atoms with Crippen LogP contribution in [0.2, 0.25) is 0 Å². The van der Waals surface area contributed by atoms with Gasteiger partial charge in [-0.3, -0.25) is 4.98 Å². The molecule has 2 heterocycles. The SMILES string of the molecule is Cc1cc(-c2ccc(F)cn2)cc(-c2nn[nH]c2C#N)c1. The maximum Gasteiger partial charge on any atom is 0.163 e. The fourth-order valence-corrected chi connectivity index (χ4v) is 2.12. The van der Waals surface area contributed by atoms with Crippen LogP contribution in [0.25, 0.3) is 22.5 Å². The zero-order chi connectivity index (χ0) is 14.8. The van der Waals surface area contributed by atoms with E-state index in [9.17, 15) is 4.39 Å². The summed E-state index contributed by atoms with van der Waals surface area (Å²) in [7, 11) is 0. The highest BCUT2D eigenvalue weighted by Crippen LogP contribution is 2.27. The lowest BCUT2D eigenvalue weighted by atomic mass is 10.0. The monoisotopic (exact) mass is 279 g/mol. The zero-order valence-electron chi connectivity index (χ0n) is 11.1. The van der Waals surface area contributed by atoms with E-state index in [1.807, 2.05) is 31.2 Å². The summed E-state index contributed by atoms with van der Waals surface area (Å²) in [5.74, 6) is -0.380. The van der Waals surface area contributed by atoms with Crippen LogP contribution in [0, 0.1) is 24.1 Å². The van der Waals surface area contributed by atoms with E-state index >= 15 is 0 Å². The first-order valence-corrected chi connectivity index (χ1v) is 6.22. The maximum absolute atomic E-state index is 13.0. The Morgan fingerprint density at radius 3 is 2.71 bits per heavy atom. The molecule has 0 fully saturated rings. The molecule has 0 radical (unpaired) electrons. The van der Waals surface area contributed by atoms with Gasteiger partial charge in [-0.15, -0.1) is 5.10 Å². The largest absolute Gasteiger partial charge is 0.253 e. The number of benzene rings is 1. The number of hydrogen-bond acceptors (Lipinski definition) is 4. The van der Waals surface area contributed by atoms with Crippen LogP contribution in [0.4, 0.5) is 4.39 Å². The van der Waals surface area contributed by atoms with Crippen molar-refractivity contribution in [1.29, 1.82) is 5.26 Å². The Morgan fingerprint density at radius 1 is 1.19 bits per heavy atom. The van der Waals surface area contributed by atoms with Crippen molar-refractivity contribution in [3.63, 3.8) is 0 Å². The van der Waals surface area contributed by atoms with Gasteiger partial charge in [0.25, 0.3) is 0 Å². The number of rotatable bonds is 2. The molecule has 3 rings (SSSR count). The molecule has 102 valence electrons. The Kier molecular flexibility index (Phi) is 3.16. The van der Waals surface area contributed by atoms with Crippen LogP contribution in [0.5, 0.6) is 0 Å². The summed E-state index contributed by atoms with van der Waals surface area (Å²) in [6.45, 7) is 1.93. The standard InChI is InChI=1S/C15H10FN5/c1-9-4-10(13-3-2-12(16)8-18-13)6-11(5-9)15-14(7-17)19-21-20-15/h2-6,8H,1H3,(H,19,20,21). The molecule has 0 aliphatic heterocycles. The summed E-state index contributed by atoms with van der Waals surface area (Å²) in [5.41, 5.74) is 4.03. The van der Waals surface area contributed by atoms with E-state index in [0.29, 0.717) is 17.1 Å². The van der Waals surface area contributed by atoms with Crippen LogP contribution in [-0.2, 0) is 0 Å². The molecule has 1 aromatic carbocycles. The van der Waals surface area contributed by atoms with Crippen LogP contribution in [-0.4, -0.2) is 20.4 Å². The van der Waals surface area contributed by atoms with Crippen molar-refractivity contribution >= 4 is 0 Å². The van der Waals surface area contributed by atoms with Crippen LogP contribution < -0.4 is 0 Å². The first kappa shape index (κ1) is 12.9. The fourth-order valence-electron chi connectivity index (χ4n) is 2.12. The minimum absolute atomic E-state index is 0.304. The Balaban J connectivity index is 2.13. The Bertz CT molecular complexity index is 830. The predicted octanol–water partition coefficient (Wildman–Crippen LogP) is 2.85. The summed E-state index contributed by atoms with van der Waals surface area (Å²) in [4.78, 5) is 4.07. The van der Waals surface area contributed by atoms with Gasteiger partial charge in [-0.25, -0.2) is 9.49 Å². The minimum atomic E-state index is -0.380. The first-order valence-electron chi connectivity index (χ1n) is 6.22. The van der Waals surface area contributed by atoms with Crippen LogP contribution >= 0.6 is 0 Å². The Morgan fingerprint density at radius 2 is 2.00 bits per heavy atom. The Hall–Kier alpha value is -3.07. The normalized spacial score (nSPS) is 10.3. The molecule has 0 aliphatic carbocycles. The third-order valence-electron chi connectivity index (χ3n) is 3.03. The molecule has 0 unspecified atom stereocenters. The van der Waals surface area contributed by atoms with Crippen molar-refractivity contribution in [2.75, 3.05) is 0 Å². The molecule has 0 spiro atoms. The van der Waals surface area contributed by atoms with Gasteiger partial charge in [0, 0.05) is 11.1 Å². The summed E-state index contributed by atoms with van der Waals surface area (Å²) in [6, 6.07) is 10.7. The summed E-state index contributed by atoms with van der Waals surface area (Å²) in [5, 5.41) is 19.2. The fraction of sp³-hybridized carbons (Fsp3) is 0.0667. The molecule has 6 heteroatoms. The molecule has 0 saturated carbocycles. The number of aryl methyl sites for hydroxylation is 1. The highest BCUT2D eigenvalue weighted by molar-refractivity contribution is 5.72. The molecular formula is C15H10FN5. The van der Waals surface area contributed by atoms with Crippen LogP contribution in [0.15, 0.2) is 36.5 Å². The zero-order valence-corrected chi connectivity index (χ0v) is 11.1. The highest BCUT2D eigenvalue weighted by Gasteiger charge is 2.11. The van der Waals surface area contributed by atoms with E-state index < -0.39 is 0 Å². The van der Waals surface area contributed by atoms with Gasteiger partial charge in [-0.1, -0.05) is 5.21 Å². The van der Waals surface area contributed by atoms with E-state index in [0.717, 1.165) is 16.7 Å². The molecule has 0 amide bonds. The number of nitrogens with one attached hydrogen (secondary N) is 1. The van der Waals surface area contributed by atoms with E-state index in [1.165, 1.54) is 12.3 Å². The number of H-pyrrole nitrogens is 1. The molecule has 0 atom stereocenters. The molecule has 21 heavy (non-hydrogen) atoms. The third kappa shape index (κ3) is 2.49.